The molecule has 4 rings (SSSR count). The van der Waals surface area contributed by atoms with E-state index in [1.807, 2.05) is 24.3 Å². The number of phenolic OH excluding ortho intramolecular Hbond substituents is 2. The SMILES string of the molecule is CC(C)(C1(c2ccc(O)cc2)CCCCC1)C1(c2ccc(O)cc2)CCCCC1. The van der Waals surface area contributed by atoms with Gasteiger partial charge in [-0.25, -0.2) is 0 Å². The Labute approximate surface area is 176 Å². The van der Waals surface area contributed by atoms with Gasteiger partial charge in [-0.05, 0) is 66.5 Å². The van der Waals surface area contributed by atoms with Crippen molar-refractivity contribution in [1.29, 1.82) is 0 Å². The maximum atomic E-state index is 9.92. The molecule has 2 saturated carbocycles. The molecule has 0 aliphatic heterocycles. The first-order chi connectivity index (χ1) is 13.9. The molecule has 0 unspecified atom stereocenters. The second-order valence-electron chi connectivity index (χ2n) is 10.0. The molecule has 0 spiro atoms. The van der Waals surface area contributed by atoms with Gasteiger partial charge in [-0.15, -0.1) is 0 Å². The zero-order valence-electron chi connectivity index (χ0n) is 18.1. The summed E-state index contributed by atoms with van der Waals surface area (Å²) in [6, 6.07) is 16.2. The highest BCUT2D eigenvalue weighted by molar-refractivity contribution is 5.40. The van der Waals surface area contributed by atoms with Crippen molar-refractivity contribution in [2.45, 2.75) is 88.9 Å². The number of hydrogen-bond acceptors (Lipinski definition) is 2. The van der Waals surface area contributed by atoms with Crippen LogP contribution in [0.2, 0.25) is 0 Å². The summed E-state index contributed by atoms with van der Waals surface area (Å²) in [4.78, 5) is 0. The van der Waals surface area contributed by atoms with Gasteiger partial charge in [-0.3, -0.25) is 0 Å². The number of aromatic hydroxyl groups is 2. The van der Waals surface area contributed by atoms with Crippen LogP contribution in [-0.4, -0.2) is 10.2 Å². The third-order valence-corrected chi connectivity index (χ3v) is 8.65. The van der Waals surface area contributed by atoms with Gasteiger partial charge in [0.25, 0.3) is 0 Å². The van der Waals surface area contributed by atoms with Crippen LogP contribution >= 0.6 is 0 Å². The predicted octanol–water partition coefficient (Wildman–Crippen LogP) is 7.23. The molecule has 29 heavy (non-hydrogen) atoms. The minimum absolute atomic E-state index is 0.0643. The normalized spacial score (nSPS) is 21.6. The second kappa shape index (κ2) is 7.70. The third-order valence-electron chi connectivity index (χ3n) is 8.65. The quantitative estimate of drug-likeness (QED) is 0.576. The van der Waals surface area contributed by atoms with Gasteiger partial charge in [-0.1, -0.05) is 76.6 Å². The topological polar surface area (TPSA) is 40.5 Å². The Morgan fingerprint density at radius 1 is 0.552 bits per heavy atom. The molecule has 0 saturated heterocycles. The Morgan fingerprint density at radius 3 is 1.17 bits per heavy atom. The van der Waals surface area contributed by atoms with Crippen LogP contribution in [0.4, 0.5) is 0 Å². The van der Waals surface area contributed by atoms with Crippen molar-refractivity contribution < 1.29 is 10.2 Å². The number of hydrogen-bond donors (Lipinski definition) is 2. The monoisotopic (exact) mass is 392 g/mol. The molecular formula is C27H36O2. The standard InChI is InChI=1S/C27H36O2/c1-25(2,26(17-5-3-6-18-26)21-9-13-23(28)14-10-21)27(19-7-4-8-20-27)22-11-15-24(29)16-12-22/h9-16,28-29H,3-8,17-20H2,1-2H3. The molecule has 2 aromatic carbocycles. The van der Waals surface area contributed by atoms with Gasteiger partial charge in [0.05, 0.1) is 0 Å². The molecule has 0 atom stereocenters. The Hall–Kier alpha value is -1.96. The summed E-state index contributed by atoms with van der Waals surface area (Å²) in [5.41, 5.74) is 3.06. The Bertz CT molecular complexity index is 735. The largest absolute Gasteiger partial charge is 0.508 e. The molecule has 0 bridgehead atoms. The van der Waals surface area contributed by atoms with Gasteiger partial charge in [0.1, 0.15) is 11.5 Å². The number of phenols is 2. The maximum absolute atomic E-state index is 9.92. The van der Waals surface area contributed by atoms with E-state index in [4.69, 9.17) is 0 Å². The van der Waals surface area contributed by atoms with E-state index in [-0.39, 0.29) is 16.2 Å². The molecule has 2 aliphatic rings. The fraction of sp³-hybridized carbons (Fsp3) is 0.556. The van der Waals surface area contributed by atoms with E-state index < -0.39 is 0 Å². The average Bonchev–Trinajstić information content (AvgIpc) is 2.75. The zero-order valence-corrected chi connectivity index (χ0v) is 18.1. The summed E-state index contributed by atoms with van der Waals surface area (Å²) in [5, 5.41) is 19.8. The van der Waals surface area contributed by atoms with Gasteiger partial charge in [0.2, 0.25) is 0 Å². The van der Waals surface area contributed by atoms with Crippen LogP contribution < -0.4 is 0 Å². The summed E-state index contributed by atoms with van der Waals surface area (Å²) in [7, 11) is 0. The molecule has 0 heterocycles. The van der Waals surface area contributed by atoms with Gasteiger partial charge < -0.3 is 10.2 Å². The van der Waals surface area contributed by atoms with E-state index in [1.54, 1.807) is 0 Å². The van der Waals surface area contributed by atoms with Crippen LogP contribution in [0.1, 0.15) is 89.2 Å². The molecule has 2 N–H and O–H groups in total. The molecule has 2 aliphatic carbocycles. The molecule has 2 nitrogen and oxygen atoms in total. The Balaban J connectivity index is 1.88. The maximum Gasteiger partial charge on any atom is 0.115 e. The lowest BCUT2D eigenvalue weighted by Crippen LogP contribution is -2.56. The highest BCUT2D eigenvalue weighted by atomic mass is 16.3. The first-order valence-corrected chi connectivity index (χ1v) is 11.5. The lowest BCUT2D eigenvalue weighted by atomic mass is 9.43. The van der Waals surface area contributed by atoms with E-state index in [0.29, 0.717) is 11.5 Å². The van der Waals surface area contributed by atoms with Gasteiger partial charge >= 0.3 is 0 Å². The molecule has 156 valence electrons. The summed E-state index contributed by atoms with van der Waals surface area (Å²) >= 11 is 0. The van der Waals surface area contributed by atoms with Crippen molar-refractivity contribution in [2.24, 2.45) is 5.41 Å². The van der Waals surface area contributed by atoms with Crippen molar-refractivity contribution in [2.75, 3.05) is 0 Å². The highest BCUT2D eigenvalue weighted by Crippen LogP contribution is 2.63. The van der Waals surface area contributed by atoms with Gasteiger partial charge in [-0.2, -0.15) is 0 Å². The molecular weight excluding hydrogens is 356 g/mol. The van der Waals surface area contributed by atoms with Crippen LogP contribution in [0.25, 0.3) is 0 Å². The van der Waals surface area contributed by atoms with E-state index in [9.17, 15) is 10.2 Å². The molecule has 2 aromatic rings. The minimum atomic E-state index is 0.0643. The molecule has 2 fully saturated rings. The highest BCUT2D eigenvalue weighted by Gasteiger charge is 2.58. The first kappa shape index (κ1) is 20.3. The second-order valence-corrected chi connectivity index (χ2v) is 10.0. The van der Waals surface area contributed by atoms with Crippen molar-refractivity contribution in [1.82, 2.24) is 0 Å². The van der Waals surface area contributed by atoms with Crippen LogP contribution in [0.15, 0.2) is 48.5 Å². The fourth-order valence-electron chi connectivity index (χ4n) is 6.88. The first-order valence-electron chi connectivity index (χ1n) is 11.5. The van der Waals surface area contributed by atoms with Crippen LogP contribution in [0, 0.1) is 5.41 Å². The molecule has 0 amide bonds. The summed E-state index contributed by atoms with van der Waals surface area (Å²) in [5.74, 6) is 0.701. The van der Waals surface area contributed by atoms with Gasteiger partial charge in [0, 0.05) is 10.8 Å². The number of benzene rings is 2. The summed E-state index contributed by atoms with van der Waals surface area (Å²) in [6.07, 6.45) is 12.6. The van der Waals surface area contributed by atoms with Gasteiger partial charge in [0.15, 0.2) is 0 Å². The minimum Gasteiger partial charge on any atom is -0.508 e. The van der Waals surface area contributed by atoms with E-state index >= 15 is 0 Å². The lowest BCUT2D eigenvalue weighted by molar-refractivity contribution is -0.00409. The van der Waals surface area contributed by atoms with E-state index in [1.165, 1.54) is 75.3 Å². The fourth-order valence-corrected chi connectivity index (χ4v) is 6.88. The predicted molar refractivity (Wildman–Crippen MR) is 120 cm³/mol. The number of rotatable bonds is 4. The molecule has 0 aromatic heterocycles. The lowest BCUT2D eigenvalue weighted by Gasteiger charge is -2.61. The van der Waals surface area contributed by atoms with Crippen molar-refractivity contribution in [3.63, 3.8) is 0 Å². The Kier molecular flexibility index (Phi) is 5.40. The molecule has 2 heteroatoms. The van der Waals surface area contributed by atoms with Crippen molar-refractivity contribution in [3.05, 3.63) is 59.7 Å². The summed E-state index contributed by atoms with van der Waals surface area (Å²) < 4.78 is 0. The summed E-state index contributed by atoms with van der Waals surface area (Å²) in [6.45, 7) is 5.03. The zero-order chi connectivity index (χ0) is 20.5. The Morgan fingerprint density at radius 2 is 0.862 bits per heavy atom. The van der Waals surface area contributed by atoms with Crippen LogP contribution in [0.5, 0.6) is 11.5 Å². The van der Waals surface area contributed by atoms with Crippen molar-refractivity contribution >= 4 is 0 Å². The van der Waals surface area contributed by atoms with Crippen LogP contribution in [0.3, 0.4) is 0 Å². The molecule has 0 radical (unpaired) electrons. The third kappa shape index (κ3) is 3.25. The van der Waals surface area contributed by atoms with Crippen molar-refractivity contribution in [3.8, 4) is 11.5 Å². The average molecular weight is 393 g/mol. The van der Waals surface area contributed by atoms with Crippen LogP contribution in [-0.2, 0) is 10.8 Å². The smallest absolute Gasteiger partial charge is 0.115 e. The van der Waals surface area contributed by atoms with E-state index in [0.717, 1.165) is 0 Å². The van der Waals surface area contributed by atoms with E-state index in [2.05, 4.69) is 38.1 Å².